The maximum atomic E-state index is 11.8. The minimum Gasteiger partial charge on any atom is -0.396 e. The van der Waals surface area contributed by atoms with Crippen LogP contribution in [0.4, 0.5) is 0 Å². The molecule has 5 heteroatoms. The number of hydrogen-bond donors (Lipinski definition) is 3. The smallest absolute Gasteiger partial charge is 0.220 e. The van der Waals surface area contributed by atoms with E-state index in [1.165, 1.54) is 12.8 Å². The molecule has 0 atom stereocenters. The zero-order valence-electron chi connectivity index (χ0n) is 12.5. The van der Waals surface area contributed by atoms with Gasteiger partial charge in [0.25, 0.3) is 0 Å². The van der Waals surface area contributed by atoms with Crippen molar-refractivity contribution in [1.82, 2.24) is 5.32 Å². The Bertz CT molecular complexity index is 256. The van der Waals surface area contributed by atoms with Crippen molar-refractivity contribution in [1.29, 1.82) is 0 Å². The molecule has 0 unspecified atom stereocenters. The highest BCUT2D eigenvalue weighted by atomic mass is 35.5. The van der Waals surface area contributed by atoms with Crippen LogP contribution in [0.2, 0.25) is 0 Å². The number of nitrogens with two attached hydrogens (primary N) is 1. The summed E-state index contributed by atoms with van der Waals surface area (Å²) in [5, 5.41) is 12.2. The third-order valence-electron chi connectivity index (χ3n) is 4.32. The SMILES string of the molecule is Cl.NCCCCCCC(=O)NCC1(CCO)CCCC1. The van der Waals surface area contributed by atoms with Gasteiger partial charge in [-0.15, -0.1) is 12.4 Å². The minimum atomic E-state index is 0. The molecule has 0 bridgehead atoms. The lowest BCUT2D eigenvalue weighted by atomic mass is 9.83. The quantitative estimate of drug-likeness (QED) is 0.542. The number of unbranched alkanes of at least 4 members (excludes halogenated alkanes) is 3. The van der Waals surface area contributed by atoms with Gasteiger partial charge in [-0.2, -0.15) is 0 Å². The predicted octanol–water partition coefficient (Wildman–Crippen LogP) is 2.38. The van der Waals surface area contributed by atoms with E-state index in [-0.39, 0.29) is 30.3 Å². The summed E-state index contributed by atoms with van der Waals surface area (Å²) in [6.45, 7) is 1.72. The van der Waals surface area contributed by atoms with E-state index in [1.54, 1.807) is 0 Å². The molecule has 1 aliphatic carbocycles. The standard InChI is InChI=1S/C15H30N2O2.ClH/c16-11-6-2-1-3-7-14(19)17-13-15(10-12-18)8-4-5-9-15;/h18H,1-13,16H2,(H,17,19);1H. The Morgan fingerprint density at radius 1 is 1.15 bits per heavy atom. The first-order chi connectivity index (χ1) is 9.22. The average Bonchev–Trinajstić information content (AvgIpc) is 2.86. The van der Waals surface area contributed by atoms with Gasteiger partial charge in [0.1, 0.15) is 0 Å². The van der Waals surface area contributed by atoms with Gasteiger partial charge < -0.3 is 16.2 Å². The molecular weight excluding hydrogens is 276 g/mol. The topological polar surface area (TPSA) is 75.4 Å². The summed E-state index contributed by atoms with van der Waals surface area (Å²) in [5.74, 6) is 0.164. The van der Waals surface area contributed by atoms with E-state index in [0.717, 1.165) is 58.0 Å². The van der Waals surface area contributed by atoms with Crippen LogP contribution in [0, 0.1) is 5.41 Å². The van der Waals surface area contributed by atoms with E-state index < -0.39 is 0 Å². The molecule has 0 aliphatic heterocycles. The number of amides is 1. The van der Waals surface area contributed by atoms with Gasteiger partial charge in [0.15, 0.2) is 0 Å². The van der Waals surface area contributed by atoms with Gasteiger partial charge in [0, 0.05) is 19.6 Å². The highest BCUT2D eigenvalue weighted by Crippen LogP contribution is 2.40. The second kappa shape index (κ2) is 11.4. The van der Waals surface area contributed by atoms with E-state index >= 15 is 0 Å². The van der Waals surface area contributed by atoms with Crippen molar-refractivity contribution in [2.45, 2.75) is 64.2 Å². The third kappa shape index (κ3) is 7.46. The lowest BCUT2D eigenvalue weighted by Gasteiger charge is -2.28. The summed E-state index contributed by atoms with van der Waals surface area (Å²) in [7, 11) is 0. The van der Waals surface area contributed by atoms with Gasteiger partial charge >= 0.3 is 0 Å². The molecular formula is C15H31ClN2O2. The second-order valence-corrected chi connectivity index (χ2v) is 5.91. The van der Waals surface area contributed by atoms with Crippen LogP contribution in [0.25, 0.3) is 0 Å². The van der Waals surface area contributed by atoms with Crippen molar-refractivity contribution in [3.05, 3.63) is 0 Å². The monoisotopic (exact) mass is 306 g/mol. The Morgan fingerprint density at radius 3 is 2.40 bits per heavy atom. The first kappa shape index (κ1) is 19.7. The molecule has 0 aromatic carbocycles. The molecule has 4 N–H and O–H groups in total. The Kier molecular flexibility index (Phi) is 11.2. The van der Waals surface area contributed by atoms with Crippen LogP contribution in [0.3, 0.4) is 0 Å². The van der Waals surface area contributed by atoms with Crippen LogP contribution in [-0.4, -0.2) is 30.7 Å². The second-order valence-electron chi connectivity index (χ2n) is 5.91. The van der Waals surface area contributed by atoms with Crippen molar-refractivity contribution in [2.75, 3.05) is 19.7 Å². The summed E-state index contributed by atoms with van der Waals surface area (Å²) >= 11 is 0. The van der Waals surface area contributed by atoms with Crippen molar-refractivity contribution < 1.29 is 9.90 Å². The van der Waals surface area contributed by atoms with Crippen LogP contribution in [0.15, 0.2) is 0 Å². The Morgan fingerprint density at radius 2 is 1.80 bits per heavy atom. The molecule has 0 radical (unpaired) electrons. The molecule has 1 rings (SSSR count). The van der Waals surface area contributed by atoms with Crippen molar-refractivity contribution in [2.24, 2.45) is 11.1 Å². The number of aliphatic hydroxyl groups is 1. The fourth-order valence-corrected chi connectivity index (χ4v) is 3.04. The maximum Gasteiger partial charge on any atom is 0.220 e. The molecule has 1 amide bonds. The van der Waals surface area contributed by atoms with Gasteiger partial charge in [-0.25, -0.2) is 0 Å². The number of rotatable bonds is 10. The van der Waals surface area contributed by atoms with Crippen LogP contribution < -0.4 is 11.1 Å². The molecule has 0 spiro atoms. The van der Waals surface area contributed by atoms with Gasteiger partial charge in [-0.1, -0.05) is 25.7 Å². The first-order valence-electron chi connectivity index (χ1n) is 7.80. The first-order valence-corrected chi connectivity index (χ1v) is 7.80. The van der Waals surface area contributed by atoms with E-state index in [9.17, 15) is 4.79 Å². The van der Waals surface area contributed by atoms with Crippen molar-refractivity contribution in [3.63, 3.8) is 0 Å². The summed E-state index contributed by atoms with van der Waals surface area (Å²) in [5.41, 5.74) is 5.60. The molecule has 0 aromatic rings. The zero-order chi connectivity index (χ0) is 14.0. The number of carbonyl (C=O) groups is 1. The van der Waals surface area contributed by atoms with Gasteiger partial charge in [-0.3, -0.25) is 4.79 Å². The van der Waals surface area contributed by atoms with E-state index in [1.807, 2.05) is 0 Å². The fourth-order valence-electron chi connectivity index (χ4n) is 3.04. The Labute approximate surface area is 129 Å². The van der Waals surface area contributed by atoms with Crippen LogP contribution in [-0.2, 0) is 4.79 Å². The number of aliphatic hydroxyl groups excluding tert-OH is 1. The largest absolute Gasteiger partial charge is 0.396 e. The molecule has 1 aliphatic rings. The number of hydrogen-bond acceptors (Lipinski definition) is 3. The van der Waals surface area contributed by atoms with E-state index in [4.69, 9.17) is 10.8 Å². The summed E-state index contributed by atoms with van der Waals surface area (Å²) in [4.78, 5) is 11.8. The molecule has 0 saturated heterocycles. The zero-order valence-corrected chi connectivity index (χ0v) is 13.3. The Balaban J connectivity index is 0.00000361. The van der Waals surface area contributed by atoms with Crippen molar-refractivity contribution >= 4 is 18.3 Å². The highest BCUT2D eigenvalue weighted by molar-refractivity contribution is 5.85. The predicted molar refractivity (Wildman–Crippen MR) is 85.0 cm³/mol. The number of nitrogens with one attached hydrogen (secondary N) is 1. The molecule has 1 saturated carbocycles. The van der Waals surface area contributed by atoms with Gasteiger partial charge in [0.05, 0.1) is 0 Å². The lowest BCUT2D eigenvalue weighted by Crippen LogP contribution is -2.36. The van der Waals surface area contributed by atoms with E-state index in [0.29, 0.717) is 6.42 Å². The van der Waals surface area contributed by atoms with Gasteiger partial charge in [0.2, 0.25) is 5.91 Å². The number of carbonyl (C=O) groups excluding carboxylic acids is 1. The molecule has 4 nitrogen and oxygen atoms in total. The van der Waals surface area contributed by atoms with Crippen LogP contribution in [0.1, 0.15) is 64.2 Å². The molecule has 0 heterocycles. The van der Waals surface area contributed by atoms with Gasteiger partial charge in [-0.05, 0) is 44.1 Å². The maximum absolute atomic E-state index is 11.8. The minimum absolute atomic E-state index is 0. The molecule has 120 valence electrons. The lowest BCUT2D eigenvalue weighted by molar-refractivity contribution is -0.121. The summed E-state index contributed by atoms with van der Waals surface area (Å²) in [6.07, 6.45) is 10.4. The summed E-state index contributed by atoms with van der Waals surface area (Å²) < 4.78 is 0. The molecule has 0 aromatic heterocycles. The highest BCUT2D eigenvalue weighted by Gasteiger charge is 2.33. The van der Waals surface area contributed by atoms with Crippen LogP contribution in [0.5, 0.6) is 0 Å². The molecule has 20 heavy (non-hydrogen) atoms. The number of halogens is 1. The normalized spacial score (nSPS) is 16.7. The summed E-state index contributed by atoms with van der Waals surface area (Å²) in [6, 6.07) is 0. The van der Waals surface area contributed by atoms with E-state index in [2.05, 4.69) is 5.32 Å². The average molecular weight is 307 g/mol. The molecule has 1 fully saturated rings. The Hall–Kier alpha value is -0.320. The third-order valence-corrected chi connectivity index (χ3v) is 4.32. The van der Waals surface area contributed by atoms with Crippen LogP contribution >= 0.6 is 12.4 Å². The van der Waals surface area contributed by atoms with Crippen molar-refractivity contribution in [3.8, 4) is 0 Å². The fraction of sp³-hybridized carbons (Fsp3) is 0.933.